The summed E-state index contributed by atoms with van der Waals surface area (Å²) < 4.78 is 81.8. The fourth-order valence-corrected chi connectivity index (χ4v) is 3.66. The molecule has 0 spiro atoms. The van der Waals surface area contributed by atoms with Gasteiger partial charge in [0.15, 0.2) is 5.82 Å². The molecule has 2 N–H and O–H groups in total. The molecule has 0 aliphatic carbocycles. The molecule has 13 heteroatoms. The van der Waals surface area contributed by atoms with Gasteiger partial charge in [-0.1, -0.05) is 35.0 Å². The Balaban J connectivity index is 2.07. The molecule has 0 aliphatic heterocycles. The second kappa shape index (κ2) is 11.5. The Morgan fingerprint density at radius 1 is 1.03 bits per heavy atom. The average Bonchev–Trinajstić information content (AvgIpc) is 2.79. The second-order valence-corrected chi connectivity index (χ2v) is 9.28. The lowest BCUT2D eigenvalue weighted by molar-refractivity contribution is 0.202. The number of hydrogen-bond donors (Lipinski definition) is 2. The Morgan fingerprint density at radius 2 is 1.72 bits per heavy atom. The van der Waals surface area contributed by atoms with E-state index in [0.29, 0.717) is 20.9 Å². The summed E-state index contributed by atoms with van der Waals surface area (Å²) in [6, 6.07) is 5.89. The van der Waals surface area contributed by atoms with Crippen LogP contribution in [0.1, 0.15) is 20.2 Å². The summed E-state index contributed by atoms with van der Waals surface area (Å²) in [5.74, 6) is -0.987. The molecule has 32 heavy (non-hydrogen) atoms. The first kappa shape index (κ1) is 18.1. The van der Waals surface area contributed by atoms with Gasteiger partial charge in [-0.25, -0.2) is 19.9 Å². The highest BCUT2D eigenvalue weighted by Crippen LogP contribution is 2.34. The Bertz CT molecular complexity index is 1350. The SMILES string of the molecule is [2H]c1nc(NS(=O)(=O)NCCC)c(-c2ccc(Br)cc2)c(OC([2H])([2H])C([2H])([2H])Oc2ncc(Br)cn2)n1. The predicted molar refractivity (Wildman–Crippen MR) is 127 cm³/mol. The highest BCUT2D eigenvalue weighted by molar-refractivity contribution is 9.10. The molecule has 2 aromatic heterocycles. The molecule has 0 aliphatic rings. The van der Waals surface area contributed by atoms with Gasteiger partial charge in [0, 0.05) is 23.4 Å². The van der Waals surface area contributed by atoms with Crippen LogP contribution in [0.25, 0.3) is 11.1 Å². The van der Waals surface area contributed by atoms with E-state index in [1.165, 1.54) is 12.4 Å². The van der Waals surface area contributed by atoms with Gasteiger partial charge in [0.2, 0.25) is 5.88 Å². The summed E-state index contributed by atoms with van der Waals surface area (Å²) in [6.45, 7) is -4.49. The van der Waals surface area contributed by atoms with Gasteiger partial charge in [0.1, 0.15) is 20.8 Å². The van der Waals surface area contributed by atoms with Gasteiger partial charge in [0.25, 0.3) is 10.2 Å². The number of halogens is 2. The molecule has 0 unspecified atom stereocenters. The second-order valence-electron chi connectivity index (χ2n) is 5.95. The molecule has 3 aromatic rings. The largest absolute Gasteiger partial charge is 0.473 e. The van der Waals surface area contributed by atoms with Gasteiger partial charge < -0.3 is 9.47 Å². The third kappa shape index (κ3) is 7.08. The highest BCUT2D eigenvalue weighted by atomic mass is 79.9. The molecule has 10 nitrogen and oxygen atoms in total. The molecule has 3 rings (SSSR count). The lowest BCUT2D eigenvalue weighted by Crippen LogP contribution is -2.31. The van der Waals surface area contributed by atoms with E-state index in [1.807, 2.05) is 0 Å². The van der Waals surface area contributed by atoms with E-state index in [-0.39, 0.29) is 17.9 Å². The molecule has 0 atom stereocenters. The maximum atomic E-state index is 12.5. The topological polar surface area (TPSA) is 128 Å². The Morgan fingerprint density at radius 3 is 2.41 bits per heavy atom. The fourth-order valence-electron chi connectivity index (χ4n) is 2.25. The number of anilines is 1. The quantitative estimate of drug-likeness (QED) is 0.346. The molecule has 0 bridgehead atoms. The van der Waals surface area contributed by atoms with Crippen molar-refractivity contribution in [2.24, 2.45) is 0 Å². The molecule has 0 radical (unpaired) electrons. The normalized spacial score (nSPS) is 14.4. The van der Waals surface area contributed by atoms with Gasteiger partial charge in [-0.15, -0.1) is 0 Å². The molecule has 0 fully saturated rings. The Labute approximate surface area is 209 Å². The van der Waals surface area contributed by atoms with Gasteiger partial charge >= 0.3 is 6.01 Å². The standard InChI is InChI=1S/C19H20Br2N6O4S/c1-2-7-26-32(28,29)27-17-16(13-3-5-14(20)6-4-13)18(25-12-24-17)30-8-9-31-19-22-10-15(21)11-23-19/h3-6,10-12,26H,2,7-9H2,1H3,(H,24,25,27)/i8D2,9D2,12D. The molecule has 0 amide bonds. The first-order valence-corrected chi connectivity index (χ1v) is 12.1. The third-order valence-electron chi connectivity index (χ3n) is 3.60. The minimum atomic E-state index is -4.14. The lowest BCUT2D eigenvalue weighted by Gasteiger charge is -2.15. The maximum absolute atomic E-state index is 12.5. The molecule has 1 aromatic carbocycles. The van der Waals surface area contributed by atoms with E-state index in [2.05, 4.69) is 61.2 Å². The van der Waals surface area contributed by atoms with Crippen molar-refractivity contribution in [2.75, 3.05) is 24.4 Å². The van der Waals surface area contributed by atoms with Crippen molar-refractivity contribution in [1.82, 2.24) is 24.7 Å². The van der Waals surface area contributed by atoms with E-state index in [4.69, 9.17) is 16.3 Å². The summed E-state index contributed by atoms with van der Waals surface area (Å²) in [6.07, 6.45) is 2.36. The van der Waals surface area contributed by atoms with E-state index < -0.39 is 41.5 Å². The van der Waals surface area contributed by atoms with Crippen molar-refractivity contribution in [3.8, 4) is 23.0 Å². The van der Waals surface area contributed by atoms with Crippen molar-refractivity contribution in [3.63, 3.8) is 0 Å². The van der Waals surface area contributed by atoms with Crippen LogP contribution in [0, 0.1) is 0 Å². The Hall–Kier alpha value is -2.35. The van der Waals surface area contributed by atoms with Crippen LogP contribution in [0.2, 0.25) is 0 Å². The summed E-state index contributed by atoms with van der Waals surface area (Å²) in [5.41, 5.74) is 0.157. The fraction of sp³-hybridized carbons (Fsp3) is 0.263. The summed E-state index contributed by atoms with van der Waals surface area (Å²) in [7, 11) is -4.14. The monoisotopic (exact) mass is 591 g/mol. The van der Waals surface area contributed by atoms with Crippen molar-refractivity contribution >= 4 is 47.9 Å². The first-order valence-electron chi connectivity index (χ1n) is 11.5. The van der Waals surface area contributed by atoms with Crippen LogP contribution in [0.4, 0.5) is 5.82 Å². The number of rotatable bonds is 11. The predicted octanol–water partition coefficient (Wildman–Crippen LogP) is 3.57. The van der Waals surface area contributed by atoms with Crippen molar-refractivity contribution < 1.29 is 24.7 Å². The number of nitrogens with zero attached hydrogens (tertiary/aromatic N) is 4. The van der Waals surface area contributed by atoms with Crippen LogP contribution in [0.3, 0.4) is 0 Å². The van der Waals surface area contributed by atoms with Crippen LogP contribution in [-0.2, 0) is 10.2 Å². The lowest BCUT2D eigenvalue weighted by atomic mass is 10.1. The Kier molecular flexibility index (Phi) is 6.51. The number of nitrogens with one attached hydrogen (secondary N) is 2. The van der Waals surface area contributed by atoms with E-state index >= 15 is 0 Å². The summed E-state index contributed by atoms with van der Waals surface area (Å²) >= 11 is 6.43. The molecule has 170 valence electrons. The van der Waals surface area contributed by atoms with Crippen molar-refractivity contribution in [1.29, 1.82) is 0 Å². The van der Waals surface area contributed by atoms with Crippen LogP contribution in [-0.4, -0.2) is 48.0 Å². The van der Waals surface area contributed by atoms with Crippen LogP contribution in [0.15, 0.2) is 51.9 Å². The van der Waals surface area contributed by atoms with Crippen LogP contribution in [0.5, 0.6) is 11.9 Å². The minimum Gasteiger partial charge on any atom is -0.473 e. The van der Waals surface area contributed by atoms with E-state index in [0.717, 1.165) is 0 Å². The average molecular weight is 593 g/mol. The number of benzene rings is 1. The zero-order valence-corrected chi connectivity index (χ0v) is 20.5. The van der Waals surface area contributed by atoms with E-state index in [1.54, 1.807) is 31.2 Å². The smallest absolute Gasteiger partial charge is 0.316 e. The summed E-state index contributed by atoms with van der Waals surface area (Å²) in [4.78, 5) is 15.2. The minimum absolute atomic E-state index is 0.128. The third-order valence-corrected chi connectivity index (χ3v) is 5.58. The molecule has 0 saturated carbocycles. The zero-order chi connectivity index (χ0) is 27.4. The van der Waals surface area contributed by atoms with Crippen LogP contribution >= 0.6 is 31.9 Å². The van der Waals surface area contributed by atoms with Gasteiger partial charge in [-0.3, -0.25) is 4.72 Å². The van der Waals surface area contributed by atoms with Gasteiger partial charge in [0.05, 0.1) is 15.5 Å². The number of aromatic nitrogens is 4. The summed E-state index contributed by atoms with van der Waals surface area (Å²) in [5, 5.41) is 0. The van der Waals surface area contributed by atoms with E-state index in [9.17, 15) is 8.42 Å². The zero-order valence-electron chi connectivity index (χ0n) is 21.5. The van der Waals surface area contributed by atoms with Gasteiger partial charge in [-0.05, 0) is 40.0 Å². The molecular formula is C19H20Br2N6O4S. The molecular weight excluding hydrogens is 568 g/mol. The molecule has 2 heterocycles. The highest BCUT2D eigenvalue weighted by Gasteiger charge is 2.19. The van der Waals surface area contributed by atoms with Gasteiger partial charge in [-0.2, -0.15) is 13.1 Å². The number of ether oxygens (including phenoxy) is 2. The van der Waals surface area contributed by atoms with Crippen LogP contribution < -0.4 is 18.9 Å². The first-order chi connectivity index (χ1) is 17.2. The number of hydrogen-bond acceptors (Lipinski definition) is 8. The van der Waals surface area contributed by atoms with Crippen molar-refractivity contribution in [3.05, 3.63) is 51.9 Å². The van der Waals surface area contributed by atoms with Crippen molar-refractivity contribution in [2.45, 2.75) is 13.3 Å². The maximum Gasteiger partial charge on any atom is 0.316 e. The molecule has 0 saturated heterocycles.